The summed E-state index contributed by atoms with van der Waals surface area (Å²) >= 11 is 8.54. The predicted molar refractivity (Wildman–Crippen MR) is 87.7 cm³/mol. The molecule has 0 atom stereocenters. The fourth-order valence-electron chi connectivity index (χ4n) is 1.76. The highest BCUT2D eigenvalue weighted by atomic mass is 79.9. The first-order valence-electron chi connectivity index (χ1n) is 6.05. The van der Waals surface area contributed by atoms with E-state index in [0.29, 0.717) is 8.95 Å². The molecule has 0 amide bonds. The van der Waals surface area contributed by atoms with Gasteiger partial charge in [-0.05, 0) is 68.1 Å². The van der Waals surface area contributed by atoms with Crippen LogP contribution in [0.1, 0.15) is 22.2 Å². The topological polar surface area (TPSA) is 32.3 Å². The number of hydrogen-bond donors (Lipinski definition) is 2. The minimum Gasteiger partial charge on any atom is -0.506 e. The minimum atomic E-state index is 0.245. The Hall–Kier alpha value is -0.360. The third kappa shape index (κ3) is 4.05. The molecule has 1 heterocycles. The van der Waals surface area contributed by atoms with Gasteiger partial charge >= 0.3 is 0 Å². The molecule has 0 aliphatic rings. The number of thiophene rings is 1. The molecule has 0 unspecified atom stereocenters. The zero-order chi connectivity index (χ0) is 13.8. The number of aryl methyl sites for hydroxylation is 1. The second-order valence-corrected chi connectivity index (χ2v) is 7.19. The van der Waals surface area contributed by atoms with Gasteiger partial charge in [0.1, 0.15) is 5.75 Å². The Bertz CT molecular complexity index is 545. The van der Waals surface area contributed by atoms with Crippen LogP contribution in [0.15, 0.2) is 33.2 Å². The van der Waals surface area contributed by atoms with Crippen LogP contribution in [0.25, 0.3) is 0 Å². The van der Waals surface area contributed by atoms with E-state index in [4.69, 9.17) is 0 Å². The highest BCUT2D eigenvalue weighted by Gasteiger charge is 2.06. The van der Waals surface area contributed by atoms with Crippen LogP contribution in [0, 0.1) is 0 Å². The molecule has 2 N–H and O–H groups in total. The summed E-state index contributed by atoms with van der Waals surface area (Å²) in [4.78, 5) is 2.78. The maximum absolute atomic E-state index is 9.65. The van der Waals surface area contributed by atoms with Gasteiger partial charge in [0, 0.05) is 22.8 Å². The maximum atomic E-state index is 9.65. The average molecular weight is 405 g/mol. The lowest BCUT2D eigenvalue weighted by molar-refractivity contribution is 0.468. The van der Waals surface area contributed by atoms with Gasteiger partial charge < -0.3 is 10.4 Å². The Kier molecular flexibility index (Phi) is 5.45. The molecule has 19 heavy (non-hydrogen) atoms. The van der Waals surface area contributed by atoms with Gasteiger partial charge in [0.2, 0.25) is 0 Å². The molecule has 0 saturated heterocycles. The van der Waals surface area contributed by atoms with E-state index < -0.39 is 0 Å². The summed E-state index contributed by atoms with van der Waals surface area (Å²) in [6.45, 7) is 3.83. The second-order valence-electron chi connectivity index (χ2n) is 4.23. The van der Waals surface area contributed by atoms with Crippen molar-refractivity contribution in [2.24, 2.45) is 0 Å². The standard InChI is InChI=1S/C14H15Br2NOS/c1-2-10-3-4-11(19-10)8-17-7-9-5-12(15)14(18)13(16)6-9/h3-6,17-18H,2,7-8H2,1H3. The first-order chi connectivity index (χ1) is 9.10. The van der Waals surface area contributed by atoms with Crippen LogP contribution in [-0.4, -0.2) is 5.11 Å². The lowest BCUT2D eigenvalue weighted by Crippen LogP contribution is -2.11. The van der Waals surface area contributed by atoms with Gasteiger partial charge in [-0.3, -0.25) is 0 Å². The van der Waals surface area contributed by atoms with Crippen molar-refractivity contribution in [2.75, 3.05) is 0 Å². The van der Waals surface area contributed by atoms with Crippen molar-refractivity contribution in [3.63, 3.8) is 0 Å². The Morgan fingerprint density at radius 1 is 1.11 bits per heavy atom. The normalized spacial score (nSPS) is 10.9. The maximum Gasteiger partial charge on any atom is 0.143 e. The molecule has 5 heteroatoms. The Balaban J connectivity index is 1.92. The first kappa shape index (κ1) is 15.0. The van der Waals surface area contributed by atoms with E-state index in [1.54, 1.807) is 0 Å². The van der Waals surface area contributed by atoms with Crippen LogP contribution in [-0.2, 0) is 19.5 Å². The number of phenolic OH excluding ortho intramolecular Hbond substituents is 1. The SMILES string of the molecule is CCc1ccc(CNCc2cc(Br)c(O)c(Br)c2)s1. The molecule has 1 aromatic carbocycles. The molecule has 102 valence electrons. The van der Waals surface area contributed by atoms with Crippen molar-refractivity contribution in [3.8, 4) is 5.75 Å². The molecule has 0 bridgehead atoms. The molecular formula is C14H15Br2NOS. The van der Waals surface area contributed by atoms with Crippen LogP contribution in [0.5, 0.6) is 5.75 Å². The summed E-state index contributed by atoms with van der Waals surface area (Å²) in [5.74, 6) is 0.245. The molecular weight excluding hydrogens is 390 g/mol. The van der Waals surface area contributed by atoms with Gasteiger partial charge in [0.25, 0.3) is 0 Å². The molecule has 1 aromatic heterocycles. The lowest BCUT2D eigenvalue weighted by atomic mass is 10.2. The number of aromatic hydroxyl groups is 1. The van der Waals surface area contributed by atoms with Gasteiger partial charge in [-0.25, -0.2) is 0 Å². The minimum absolute atomic E-state index is 0.245. The predicted octanol–water partition coefficient (Wildman–Crippen LogP) is 4.83. The monoisotopic (exact) mass is 403 g/mol. The Morgan fingerprint density at radius 2 is 1.74 bits per heavy atom. The van der Waals surface area contributed by atoms with E-state index in [1.807, 2.05) is 23.5 Å². The van der Waals surface area contributed by atoms with E-state index in [-0.39, 0.29) is 5.75 Å². The van der Waals surface area contributed by atoms with Crippen LogP contribution in [0.3, 0.4) is 0 Å². The molecule has 2 aromatic rings. The zero-order valence-corrected chi connectivity index (χ0v) is 14.5. The largest absolute Gasteiger partial charge is 0.506 e. The highest BCUT2D eigenvalue weighted by Crippen LogP contribution is 2.33. The van der Waals surface area contributed by atoms with Gasteiger partial charge in [-0.2, -0.15) is 0 Å². The summed E-state index contributed by atoms with van der Waals surface area (Å²) in [7, 11) is 0. The fourth-order valence-corrected chi connectivity index (χ4v) is 3.97. The zero-order valence-electron chi connectivity index (χ0n) is 10.5. The van der Waals surface area contributed by atoms with E-state index in [1.165, 1.54) is 9.75 Å². The number of nitrogens with one attached hydrogen (secondary N) is 1. The highest BCUT2D eigenvalue weighted by molar-refractivity contribution is 9.11. The van der Waals surface area contributed by atoms with Crippen LogP contribution in [0.2, 0.25) is 0 Å². The molecule has 0 aliphatic carbocycles. The summed E-state index contributed by atoms with van der Waals surface area (Å²) in [5, 5.41) is 13.1. The number of halogens is 2. The van der Waals surface area contributed by atoms with Gasteiger partial charge in [0.05, 0.1) is 8.95 Å². The molecule has 0 radical (unpaired) electrons. The quantitative estimate of drug-likeness (QED) is 0.747. The summed E-state index contributed by atoms with van der Waals surface area (Å²) < 4.78 is 1.42. The Morgan fingerprint density at radius 3 is 2.32 bits per heavy atom. The van der Waals surface area contributed by atoms with Crippen molar-refractivity contribution in [1.82, 2.24) is 5.32 Å². The van der Waals surface area contributed by atoms with Crippen LogP contribution in [0.4, 0.5) is 0 Å². The molecule has 2 rings (SSSR count). The van der Waals surface area contributed by atoms with Crippen molar-refractivity contribution in [3.05, 3.63) is 48.5 Å². The Labute approximate surface area is 134 Å². The second kappa shape index (κ2) is 6.88. The van der Waals surface area contributed by atoms with E-state index in [2.05, 4.69) is 56.2 Å². The van der Waals surface area contributed by atoms with Crippen molar-refractivity contribution < 1.29 is 5.11 Å². The van der Waals surface area contributed by atoms with Crippen molar-refractivity contribution in [2.45, 2.75) is 26.4 Å². The smallest absolute Gasteiger partial charge is 0.143 e. The molecule has 0 fully saturated rings. The number of rotatable bonds is 5. The van der Waals surface area contributed by atoms with E-state index in [9.17, 15) is 5.11 Å². The van der Waals surface area contributed by atoms with Gasteiger partial charge in [0.15, 0.2) is 0 Å². The van der Waals surface area contributed by atoms with Gasteiger partial charge in [-0.1, -0.05) is 6.92 Å². The van der Waals surface area contributed by atoms with Crippen LogP contribution < -0.4 is 5.32 Å². The number of phenols is 1. The number of benzene rings is 1. The van der Waals surface area contributed by atoms with Gasteiger partial charge in [-0.15, -0.1) is 11.3 Å². The van der Waals surface area contributed by atoms with E-state index >= 15 is 0 Å². The molecule has 2 nitrogen and oxygen atoms in total. The molecule has 0 spiro atoms. The number of hydrogen-bond acceptors (Lipinski definition) is 3. The first-order valence-corrected chi connectivity index (χ1v) is 8.45. The van der Waals surface area contributed by atoms with Crippen molar-refractivity contribution in [1.29, 1.82) is 0 Å². The summed E-state index contributed by atoms with van der Waals surface area (Å²) in [6, 6.07) is 8.23. The molecule has 0 saturated carbocycles. The summed E-state index contributed by atoms with van der Waals surface area (Å²) in [6.07, 6.45) is 1.10. The summed E-state index contributed by atoms with van der Waals surface area (Å²) in [5.41, 5.74) is 1.13. The molecule has 0 aliphatic heterocycles. The fraction of sp³-hybridized carbons (Fsp3) is 0.286. The third-order valence-electron chi connectivity index (χ3n) is 2.77. The van der Waals surface area contributed by atoms with E-state index in [0.717, 1.165) is 25.1 Å². The lowest BCUT2D eigenvalue weighted by Gasteiger charge is -2.07. The third-order valence-corrected chi connectivity index (χ3v) is 5.21. The average Bonchev–Trinajstić information content (AvgIpc) is 2.84. The van der Waals surface area contributed by atoms with Crippen molar-refractivity contribution >= 4 is 43.2 Å². The van der Waals surface area contributed by atoms with Crippen LogP contribution >= 0.6 is 43.2 Å².